The second-order valence-corrected chi connectivity index (χ2v) is 10.1. The first-order valence-corrected chi connectivity index (χ1v) is 12.6. The van der Waals surface area contributed by atoms with Crippen LogP contribution in [0.15, 0.2) is 76.4 Å². The number of nitrogens with two attached hydrogens (primary N) is 1. The number of primary sulfonamides is 1. The van der Waals surface area contributed by atoms with Crippen molar-refractivity contribution >= 4 is 31.4 Å². The molecule has 0 fully saturated rings. The molecule has 2 N–H and O–H groups in total. The minimum Gasteiger partial charge on any atom is -0.496 e. The van der Waals surface area contributed by atoms with E-state index in [1.165, 1.54) is 23.5 Å². The molecule has 0 aliphatic heterocycles. The fourth-order valence-electron chi connectivity index (χ4n) is 3.80. The van der Waals surface area contributed by atoms with Crippen LogP contribution >= 0.6 is 11.3 Å². The predicted molar refractivity (Wildman–Crippen MR) is 131 cm³/mol. The number of hydrogen-bond donors (Lipinski definition) is 1. The van der Waals surface area contributed by atoms with Crippen molar-refractivity contribution in [3.8, 4) is 27.3 Å². The molecule has 0 atom stereocenters. The molecule has 0 amide bonds. The van der Waals surface area contributed by atoms with E-state index < -0.39 is 10.0 Å². The van der Waals surface area contributed by atoms with Gasteiger partial charge >= 0.3 is 0 Å². The van der Waals surface area contributed by atoms with E-state index in [2.05, 4.69) is 6.92 Å². The normalized spacial score (nSPS) is 11.6. The Morgan fingerprint density at radius 1 is 0.969 bits per heavy atom. The lowest BCUT2D eigenvalue weighted by atomic mass is 9.97. The van der Waals surface area contributed by atoms with Crippen LogP contribution in [-0.4, -0.2) is 15.5 Å². The third-order valence-electron chi connectivity index (χ3n) is 5.33. The van der Waals surface area contributed by atoms with Crippen molar-refractivity contribution in [3.05, 3.63) is 82.5 Å². The highest BCUT2D eigenvalue weighted by molar-refractivity contribution is 7.89. The number of ether oxygens (including phenoxy) is 1. The number of hydrogen-bond acceptors (Lipinski definition) is 5. The molecule has 4 rings (SSSR count). The fourth-order valence-corrected chi connectivity index (χ4v) is 5.52. The Kier molecular flexibility index (Phi) is 6.15. The summed E-state index contributed by atoms with van der Waals surface area (Å²) >= 11 is 1.51. The van der Waals surface area contributed by atoms with Gasteiger partial charge in [-0.2, -0.15) is 0 Å². The van der Waals surface area contributed by atoms with Crippen LogP contribution in [0.5, 0.6) is 5.75 Å². The highest BCUT2D eigenvalue weighted by atomic mass is 32.2. The molecule has 0 aliphatic carbocycles. The van der Waals surface area contributed by atoms with E-state index in [1.807, 2.05) is 42.5 Å². The lowest BCUT2D eigenvalue weighted by molar-refractivity contribution is 0.409. The van der Waals surface area contributed by atoms with E-state index in [0.29, 0.717) is 10.9 Å². The molecule has 0 radical (unpaired) electrons. The van der Waals surface area contributed by atoms with Crippen LogP contribution in [0.4, 0.5) is 0 Å². The average molecular weight is 466 g/mol. The van der Waals surface area contributed by atoms with Crippen molar-refractivity contribution in [1.29, 1.82) is 0 Å². The first kappa shape index (κ1) is 22.2. The molecule has 1 aromatic heterocycles. The van der Waals surface area contributed by atoms with Crippen molar-refractivity contribution in [2.24, 2.45) is 5.14 Å². The van der Waals surface area contributed by atoms with Crippen LogP contribution in [-0.2, 0) is 16.4 Å². The summed E-state index contributed by atoms with van der Waals surface area (Å²) in [5.74, 6) is 0.798. The molecular formula is C25H23NO4S2. The first-order valence-electron chi connectivity index (χ1n) is 10.2. The Hall–Kier alpha value is -3.00. The van der Waals surface area contributed by atoms with Gasteiger partial charge in [-0.05, 0) is 59.5 Å². The third-order valence-corrected chi connectivity index (χ3v) is 7.48. The van der Waals surface area contributed by atoms with Gasteiger partial charge in [0, 0.05) is 20.5 Å². The summed E-state index contributed by atoms with van der Waals surface area (Å²) in [6.45, 7) is 2.10. The molecule has 1 heterocycles. The smallest absolute Gasteiger partial charge is 0.238 e. The zero-order valence-corrected chi connectivity index (χ0v) is 19.4. The van der Waals surface area contributed by atoms with Gasteiger partial charge in [0.05, 0.1) is 12.0 Å². The van der Waals surface area contributed by atoms with E-state index in [9.17, 15) is 13.2 Å². The van der Waals surface area contributed by atoms with Crippen molar-refractivity contribution in [3.63, 3.8) is 0 Å². The van der Waals surface area contributed by atoms with Crippen molar-refractivity contribution in [2.45, 2.75) is 24.7 Å². The lowest BCUT2D eigenvalue weighted by Gasteiger charge is -2.14. The lowest BCUT2D eigenvalue weighted by Crippen LogP contribution is -2.11. The van der Waals surface area contributed by atoms with Gasteiger partial charge in [-0.3, -0.25) is 4.79 Å². The van der Waals surface area contributed by atoms with Gasteiger partial charge in [0.15, 0.2) is 5.43 Å². The molecule has 0 spiro atoms. The number of sulfonamides is 1. The van der Waals surface area contributed by atoms with Gasteiger partial charge in [-0.25, -0.2) is 13.6 Å². The molecule has 7 heteroatoms. The second-order valence-electron chi connectivity index (χ2n) is 7.48. The predicted octanol–water partition coefficient (Wildman–Crippen LogP) is 5.20. The number of methoxy groups -OCH3 is 1. The minimum atomic E-state index is -3.80. The number of rotatable bonds is 6. The average Bonchev–Trinajstić information content (AvgIpc) is 2.79. The zero-order valence-electron chi connectivity index (χ0n) is 17.8. The SMILES string of the molecule is CCCc1cc(-c2c(-c3ccc(S(N)(=O)=O)cc3)sc3ccccc3c2=O)ccc1OC. The van der Waals surface area contributed by atoms with E-state index >= 15 is 0 Å². The van der Waals surface area contributed by atoms with Gasteiger partial charge < -0.3 is 4.74 Å². The van der Waals surface area contributed by atoms with Crippen LogP contribution in [0.1, 0.15) is 18.9 Å². The summed E-state index contributed by atoms with van der Waals surface area (Å²) in [6, 6.07) is 19.7. The summed E-state index contributed by atoms with van der Waals surface area (Å²) in [7, 11) is -2.16. The highest BCUT2D eigenvalue weighted by Crippen LogP contribution is 2.38. The molecular weight excluding hydrogens is 442 g/mol. The molecule has 0 bridgehead atoms. The molecule has 0 saturated carbocycles. The maximum atomic E-state index is 13.6. The fraction of sp³-hybridized carbons (Fsp3) is 0.160. The summed E-state index contributed by atoms with van der Waals surface area (Å²) in [5, 5.41) is 5.91. The van der Waals surface area contributed by atoms with Gasteiger partial charge in [-0.1, -0.05) is 43.7 Å². The second kappa shape index (κ2) is 8.86. The summed E-state index contributed by atoms with van der Waals surface area (Å²) in [5.41, 5.74) is 3.15. The quantitative estimate of drug-likeness (QED) is 0.424. The maximum absolute atomic E-state index is 13.6. The summed E-state index contributed by atoms with van der Waals surface area (Å²) < 4.78 is 29.7. The van der Waals surface area contributed by atoms with E-state index in [1.54, 1.807) is 19.2 Å². The molecule has 0 aliphatic rings. The van der Waals surface area contributed by atoms with Crippen LogP contribution in [0.25, 0.3) is 31.7 Å². The Balaban J connectivity index is 2.01. The molecule has 164 valence electrons. The van der Waals surface area contributed by atoms with Crippen molar-refractivity contribution in [2.75, 3.05) is 7.11 Å². The largest absolute Gasteiger partial charge is 0.496 e. The van der Waals surface area contributed by atoms with Crippen molar-refractivity contribution in [1.82, 2.24) is 0 Å². The summed E-state index contributed by atoms with van der Waals surface area (Å²) in [6.07, 6.45) is 1.78. The molecule has 0 saturated heterocycles. The molecule has 32 heavy (non-hydrogen) atoms. The van der Waals surface area contributed by atoms with Gasteiger partial charge in [0.25, 0.3) is 0 Å². The Morgan fingerprint density at radius 2 is 1.66 bits per heavy atom. The third kappa shape index (κ3) is 4.19. The number of benzene rings is 3. The van der Waals surface area contributed by atoms with Gasteiger partial charge in [-0.15, -0.1) is 11.3 Å². The Labute approximate surface area is 191 Å². The molecule has 3 aromatic carbocycles. The van der Waals surface area contributed by atoms with E-state index in [-0.39, 0.29) is 10.3 Å². The monoisotopic (exact) mass is 465 g/mol. The highest BCUT2D eigenvalue weighted by Gasteiger charge is 2.18. The maximum Gasteiger partial charge on any atom is 0.238 e. The molecule has 0 unspecified atom stereocenters. The van der Waals surface area contributed by atoms with E-state index in [0.717, 1.165) is 44.9 Å². The first-order chi connectivity index (χ1) is 15.3. The number of fused-ring (bicyclic) bond motifs is 1. The Bertz CT molecular complexity index is 1460. The van der Waals surface area contributed by atoms with Crippen LogP contribution in [0.3, 0.4) is 0 Å². The van der Waals surface area contributed by atoms with Crippen LogP contribution < -0.4 is 15.3 Å². The topological polar surface area (TPSA) is 86.5 Å². The van der Waals surface area contributed by atoms with Crippen LogP contribution in [0, 0.1) is 0 Å². The van der Waals surface area contributed by atoms with Crippen LogP contribution in [0.2, 0.25) is 0 Å². The minimum absolute atomic E-state index is 0.0330. The van der Waals surface area contributed by atoms with Gasteiger partial charge in [0.2, 0.25) is 10.0 Å². The van der Waals surface area contributed by atoms with Gasteiger partial charge in [0.1, 0.15) is 5.75 Å². The van der Waals surface area contributed by atoms with E-state index in [4.69, 9.17) is 9.88 Å². The number of aryl methyl sites for hydroxylation is 1. The molecule has 5 nitrogen and oxygen atoms in total. The molecule has 4 aromatic rings. The van der Waals surface area contributed by atoms with Crippen molar-refractivity contribution < 1.29 is 13.2 Å². The Morgan fingerprint density at radius 3 is 2.31 bits per heavy atom. The zero-order chi connectivity index (χ0) is 22.9. The summed E-state index contributed by atoms with van der Waals surface area (Å²) in [4.78, 5) is 14.4. The standard InChI is InChI=1S/C25H23NO4S2/c1-3-6-17-15-18(11-14-21(17)30-2)23-24(27)20-7-4-5-8-22(20)31-25(23)16-9-12-19(13-10-16)32(26,28)29/h4-5,7-15H,3,6H2,1-2H3,(H2,26,28,29).